The fourth-order valence-electron chi connectivity index (χ4n) is 2.27. The van der Waals surface area contributed by atoms with Crippen molar-refractivity contribution < 1.29 is 4.79 Å². The molecule has 6 heteroatoms. The van der Waals surface area contributed by atoms with Crippen LogP contribution >= 0.6 is 11.8 Å². The fourth-order valence-corrected chi connectivity index (χ4v) is 3.33. The van der Waals surface area contributed by atoms with E-state index in [1.54, 1.807) is 10.6 Å². The summed E-state index contributed by atoms with van der Waals surface area (Å²) < 4.78 is 1.66. The first-order chi connectivity index (χ1) is 11.0. The number of para-hydroxylation sites is 1. The van der Waals surface area contributed by atoms with Crippen molar-refractivity contribution >= 4 is 28.6 Å². The SMILES string of the molecule is CCCNC(=O)[C@H](C)Sc1nc2ccccc2c(=O)n1C(C)C. The predicted octanol–water partition coefficient (Wildman–Crippen LogP) is 2.98. The van der Waals surface area contributed by atoms with E-state index in [4.69, 9.17) is 0 Å². The molecule has 5 nitrogen and oxygen atoms in total. The zero-order valence-electron chi connectivity index (χ0n) is 14.0. The van der Waals surface area contributed by atoms with Crippen molar-refractivity contribution in [1.82, 2.24) is 14.9 Å². The van der Waals surface area contributed by atoms with Gasteiger partial charge in [-0.1, -0.05) is 30.8 Å². The van der Waals surface area contributed by atoms with Gasteiger partial charge in [-0.3, -0.25) is 14.2 Å². The monoisotopic (exact) mass is 333 g/mol. The Morgan fingerprint density at radius 1 is 1.30 bits per heavy atom. The van der Waals surface area contributed by atoms with E-state index in [0.717, 1.165) is 6.42 Å². The zero-order chi connectivity index (χ0) is 17.0. The van der Waals surface area contributed by atoms with Crippen molar-refractivity contribution in [3.63, 3.8) is 0 Å². The third-order valence-corrected chi connectivity index (χ3v) is 4.56. The first-order valence-corrected chi connectivity index (χ1v) is 8.79. The van der Waals surface area contributed by atoms with E-state index < -0.39 is 0 Å². The number of hydrogen-bond acceptors (Lipinski definition) is 4. The molecule has 1 heterocycles. The molecule has 1 N–H and O–H groups in total. The summed E-state index contributed by atoms with van der Waals surface area (Å²) in [6, 6.07) is 7.29. The van der Waals surface area contributed by atoms with Crippen molar-refractivity contribution in [2.45, 2.75) is 50.6 Å². The lowest BCUT2D eigenvalue weighted by atomic mass is 10.2. The van der Waals surface area contributed by atoms with Gasteiger partial charge in [0.2, 0.25) is 5.91 Å². The molecule has 2 rings (SSSR count). The summed E-state index contributed by atoms with van der Waals surface area (Å²) in [5.74, 6) is -0.0328. The highest BCUT2D eigenvalue weighted by Gasteiger charge is 2.20. The van der Waals surface area contributed by atoms with Crippen molar-refractivity contribution in [3.8, 4) is 0 Å². The van der Waals surface area contributed by atoms with E-state index in [2.05, 4.69) is 10.3 Å². The van der Waals surface area contributed by atoms with Gasteiger partial charge in [-0.25, -0.2) is 4.98 Å². The molecule has 0 fully saturated rings. The van der Waals surface area contributed by atoms with E-state index in [1.807, 2.05) is 45.9 Å². The number of carbonyl (C=O) groups excluding carboxylic acids is 1. The Balaban J connectivity index is 2.41. The van der Waals surface area contributed by atoms with Gasteiger partial charge in [0.15, 0.2) is 5.16 Å². The third kappa shape index (κ3) is 3.93. The second-order valence-electron chi connectivity index (χ2n) is 5.73. The number of rotatable bonds is 6. The molecule has 1 aromatic heterocycles. The maximum atomic E-state index is 12.7. The van der Waals surface area contributed by atoms with Crippen LogP contribution in [-0.2, 0) is 4.79 Å². The van der Waals surface area contributed by atoms with Crippen molar-refractivity contribution in [2.24, 2.45) is 0 Å². The molecular weight excluding hydrogens is 310 g/mol. The molecule has 1 aromatic carbocycles. The molecule has 0 bridgehead atoms. The van der Waals surface area contributed by atoms with E-state index in [-0.39, 0.29) is 22.8 Å². The number of aromatic nitrogens is 2. The summed E-state index contributed by atoms with van der Waals surface area (Å²) in [7, 11) is 0. The average molecular weight is 333 g/mol. The summed E-state index contributed by atoms with van der Waals surface area (Å²) in [4.78, 5) is 29.4. The van der Waals surface area contributed by atoms with E-state index in [9.17, 15) is 9.59 Å². The molecule has 0 saturated heterocycles. The van der Waals surface area contributed by atoms with E-state index >= 15 is 0 Å². The minimum absolute atomic E-state index is 0.0204. The number of amides is 1. The summed E-state index contributed by atoms with van der Waals surface area (Å²) in [6.07, 6.45) is 0.897. The Hall–Kier alpha value is -1.82. The van der Waals surface area contributed by atoms with Gasteiger partial charge in [-0.2, -0.15) is 0 Å². The normalized spacial score (nSPS) is 12.6. The second kappa shape index (κ2) is 7.64. The molecule has 2 aromatic rings. The maximum absolute atomic E-state index is 12.7. The molecule has 0 aliphatic rings. The lowest BCUT2D eigenvalue weighted by molar-refractivity contribution is -0.120. The number of nitrogens with zero attached hydrogens (tertiary/aromatic N) is 2. The standard InChI is InChI=1S/C17H23N3O2S/c1-5-10-18-15(21)12(4)23-17-19-14-9-7-6-8-13(14)16(22)20(17)11(2)3/h6-9,11-12H,5,10H2,1-4H3,(H,18,21)/t12-/m0/s1. The highest BCUT2D eigenvalue weighted by Crippen LogP contribution is 2.24. The van der Waals surface area contributed by atoms with Gasteiger partial charge in [0.05, 0.1) is 16.2 Å². The zero-order valence-corrected chi connectivity index (χ0v) is 14.8. The molecule has 0 aliphatic carbocycles. The molecule has 23 heavy (non-hydrogen) atoms. The molecule has 0 aliphatic heterocycles. The molecule has 1 atom stereocenters. The Labute approximate surface area is 140 Å². The Morgan fingerprint density at radius 3 is 2.65 bits per heavy atom. The van der Waals surface area contributed by atoms with Gasteiger partial charge in [-0.15, -0.1) is 0 Å². The van der Waals surface area contributed by atoms with E-state index in [0.29, 0.717) is 22.6 Å². The molecule has 0 spiro atoms. The van der Waals surface area contributed by atoms with Gasteiger partial charge in [0, 0.05) is 12.6 Å². The Bertz CT molecular complexity index is 755. The van der Waals surface area contributed by atoms with Crippen molar-refractivity contribution in [2.75, 3.05) is 6.54 Å². The summed E-state index contributed by atoms with van der Waals surface area (Å²) in [5.41, 5.74) is 0.604. The van der Waals surface area contributed by atoms with Crippen LogP contribution in [0.15, 0.2) is 34.2 Å². The Morgan fingerprint density at radius 2 is 2.00 bits per heavy atom. The van der Waals surface area contributed by atoms with Gasteiger partial charge in [0.25, 0.3) is 5.56 Å². The predicted molar refractivity (Wildman–Crippen MR) is 95.0 cm³/mol. The molecule has 0 radical (unpaired) electrons. The smallest absolute Gasteiger partial charge is 0.262 e. The quantitative estimate of drug-likeness (QED) is 0.652. The number of thioether (sulfide) groups is 1. The second-order valence-corrected chi connectivity index (χ2v) is 7.04. The molecular formula is C17H23N3O2S. The van der Waals surface area contributed by atoms with Gasteiger partial charge < -0.3 is 5.32 Å². The van der Waals surface area contributed by atoms with Crippen LogP contribution in [0.5, 0.6) is 0 Å². The first kappa shape index (κ1) is 17.5. The van der Waals surface area contributed by atoms with Crippen LogP contribution in [0.25, 0.3) is 10.9 Å². The van der Waals surface area contributed by atoms with Crippen molar-refractivity contribution in [3.05, 3.63) is 34.6 Å². The molecule has 1 amide bonds. The van der Waals surface area contributed by atoms with Crippen LogP contribution in [0.4, 0.5) is 0 Å². The number of nitrogens with one attached hydrogen (secondary N) is 1. The molecule has 124 valence electrons. The fraction of sp³-hybridized carbons (Fsp3) is 0.471. The number of fused-ring (bicyclic) bond motifs is 1. The average Bonchev–Trinajstić information content (AvgIpc) is 2.52. The van der Waals surface area contributed by atoms with Crippen LogP contribution in [0.3, 0.4) is 0 Å². The van der Waals surface area contributed by atoms with Crippen LogP contribution in [0, 0.1) is 0 Å². The summed E-state index contributed by atoms with van der Waals surface area (Å²) in [5, 5.41) is 3.76. The lowest BCUT2D eigenvalue weighted by Gasteiger charge is -2.18. The van der Waals surface area contributed by atoms with Gasteiger partial charge in [0.1, 0.15) is 0 Å². The minimum Gasteiger partial charge on any atom is -0.355 e. The maximum Gasteiger partial charge on any atom is 0.262 e. The van der Waals surface area contributed by atoms with Crippen LogP contribution in [-0.4, -0.2) is 27.3 Å². The highest BCUT2D eigenvalue weighted by molar-refractivity contribution is 8.00. The molecule has 0 unspecified atom stereocenters. The lowest BCUT2D eigenvalue weighted by Crippen LogP contribution is -2.32. The highest BCUT2D eigenvalue weighted by atomic mass is 32.2. The minimum atomic E-state index is -0.306. The summed E-state index contributed by atoms with van der Waals surface area (Å²) in [6.45, 7) is 8.40. The number of benzene rings is 1. The van der Waals surface area contributed by atoms with Crippen LogP contribution < -0.4 is 10.9 Å². The number of hydrogen-bond donors (Lipinski definition) is 1. The summed E-state index contributed by atoms with van der Waals surface area (Å²) >= 11 is 1.33. The largest absolute Gasteiger partial charge is 0.355 e. The third-order valence-electron chi connectivity index (χ3n) is 3.49. The van der Waals surface area contributed by atoms with Crippen LogP contribution in [0.1, 0.15) is 40.2 Å². The van der Waals surface area contributed by atoms with Crippen LogP contribution in [0.2, 0.25) is 0 Å². The van der Waals surface area contributed by atoms with E-state index in [1.165, 1.54) is 11.8 Å². The Kier molecular flexibility index (Phi) is 5.82. The van der Waals surface area contributed by atoms with Crippen molar-refractivity contribution in [1.29, 1.82) is 0 Å². The van der Waals surface area contributed by atoms with Gasteiger partial charge >= 0.3 is 0 Å². The van der Waals surface area contributed by atoms with Gasteiger partial charge in [-0.05, 0) is 39.3 Å². The number of carbonyl (C=O) groups is 1. The molecule has 0 saturated carbocycles. The topological polar surface area (TPSA) is 64.0 Å². The first-order valence-electron chi connectivity index (χ1n) is 7.91.